The van der Waals surface area contributed by atoms with Gasteiger partial charge < -0.3 is 0 Å². The smallest absolute Gasteiger partial charge is 0.0794 e. The number of hydrogen-bond acceptors (Lipinski definition) is 0. The highest BCUT2D eigenvalue weighted by Gasteiger charge is 2.32. The van der Waals surface area contributed by atoms with Gasteiger partial charge in [-0.2, -0.15) is 0 Å². The Hall–Kier alpha value is -2.02. The quantitative estimate of drug-likeness (QED) is 0.559. The molecule has 4 rings (SSSR count). The molecule has 0 amide bonds. The van der Waals surface area contributed by atoms with E-state index in [9.17, 15) is 0 Å². The van der Waals surface area contributed by atoms with Crippen LogP contribution in [-0.2, 0) is 0 Å². The van der Waals surface area contributed by atoms with E-state index in [1.807, 2.05) is 0 Å². The van der Waals surface area contributed by atoms with Crippen molar-refractivity contribution in [1.29, 1.82) is 0 Å². The highest BCUT2D eigenvalue weighted by atomic mass is 14.2. The second-order valence-electron chi connectivity index (χ2n) is 6.93. The molecule has 1 aliphatic rings. The van der Waals surface area contributed by atoms with E-state index in [4.69, 9.17) is 0 Å². The first-order valence-corrected chi connectivity index (χ1v) is 8.88. The van der Waals surface area contributed by atoms with Gasteiger partial charge in [-0.05, 0) is 34.6 Å². The molecule has 1 atom stereocenters. The monoisotopic (exact) mass is 298 g/mol. The first kappa shape index (κ1) is 14.6. The number of hydrogen-bond donors (Lipinski definition) is 0. The van der Waals surface area contributed by atoms with Crippen LogP contribution in [0.5, 0.6) is 0 Å². The molecule has 3 aromatic rings. The standard InChI is InChI=1S/C22H23B/c1-17-14-15-18-9-5-6-12-20(18)22(17)21-13-7-8-16-23(21)19-10-3-2-4-11-19/h2-6,9-12,14-15,21H,7-8,13,16H2,1H3. The minimum atomic E-state index is 0.650. The van der Waals surface area contributed by atoms with E-state index in [1.54, 1.807) is 5.56 Å². The molecule has 1 aliphatic heterocycles. The van der Waals surface area contributed by atoms with E-state index in [1.165, 1.54) is 47.4 Å². The van der Waals surface area contributed by atoms with E-state index in [-0.39, 0.29) is 0 Å². The van der Waals surface area contributed by atoms with E-state index >= 15 is 0 Å². The Morgan fingerprint density at radius 3 is 2.48 bits per heavy atom. The molecule has 0 spiro atoms. The summed E-state index contributed by atoms with van der Waals surface area (Å²) >= 11 is 0. The van der Waals surface area contributed by atoms with Crippen LogP contribution in [0.15, 0.2) is 66.7 Å². The van der Waals surface area contributed by atoms with Crippen LogP contribution in [0.4, 0.5) is 0 Å². The van der Waals surface area contributed by atoms with Gasteiger partial charge in [0.15, 0.2) is 6.71 Å². The molecule has 0 aliphatic carbocycles. The Morgan fingerprint density at radius 1 is 0.826 bits per heavy atom. The molecule has 0 bridgehead atoms. The van der Waals surface area contributed by atoms with E-state index in [2.05, 4.69) is 73.7 Å². The predicted octanol–water partition coefficient (Wildman–Crippen LogP) is 5.36. The highest BCUT2D eigenvalue weighted by molar-refractivity contribution is 6.74. The van der Waals surface area contributed by atoms with Crippen LogP contribution in [0.25, 0.3) is 10.8 Å². The summed E-state index contributed by atoms with van der Waals surface area (Å²) in [6.07, 6.45) is 5.35. The molecule has 3 aromatic carbocycles. The summed E-state index contributed by atoms with van der Waals surface area (Å²) in [5.74, 6) is 0.650. The maximum Gasteiger partial charge on any atom is 0.183 e. The van der Waals surface area contributed by atoms with Gasteiger partial charge in [-0.3, -0.25) is 0 Å². The lowest BCUT2D eigenvalue weighted by molar-refractivity contribution is 0.651. The average Bonchev–Trinajstić information content (AvgIpc) is 2.62. The molecule has 1 unspecified atom stereocenters. The fraction of sp³-hybridized carbons (Fsp3) is 0.273. The van der Waals surface area contributed by atoms with Gasteiger partial charge in [0.1, 0.15) is 0 Å². The average molecular weight is 298 g/mol. The fourth-order valence-corrected chi connectivity index (χ4v) is 4.47. The van der Waals surface area contributed by atoms with Gasteiger partial charge in [0.25, 0.3) is 0 Å². The summed E-state index contributed by atoms with van der Waals surface area (Å²) in [5, 5.41) is 2.84. The van der Waals surface area contributed by atoms with Gasteiger partial charge in [-0.15, -0.1) is 0 Å². The molecule has 0 saturated carbocycles. The largest absolute Gasteiger partial charge is 0.183 e. The minimum Gasteiger partial charge on any atom is -0.0794 e. The minimum absolute atomic E-state index is 0.650. The Balaban J connectivity index is 1.86. The Bertz CT molecular complexity index is 807. The summed E-state index contributed by atoms with van der Waals surface area (Å²) in [4.78, 5) is 0. The summed E-state index contributed by atoms with van der Waals surface area (Å²) < 4.78 is 0. The predicted molar refractivity (Wildman–Crippen MR) is 102 cm³/mol. The maximum atomic E-state index is 2.32. The van der Waals surface area contributed by atoms with Crippen molar-refractivity contribution in [3.63, 3.8) is 0 Å². The summed E-state index contributed by atoms with van der Waals surface area (Å²) in [5.41, 5.74) is 4.57. The fourth-order valence-electron chi connectivity index (χ4n) is 4.47. The van der Waals surface area contributed by atoms with Crippen LogP contribution in [0.3, 0.4) is 0 Å². The van der Waals surface area contributed by atoms with Crippen molar-refractivity contribution in [3.8, 4) is 0 Å². The van der Waals surface area contributed by atoms with Crippen molar-refractivity contribution >= 4 is 22.9 Å². The third-order valence-electron chi connectivity index (χ3n) is 5.55. The summed E-state index contributed by atoms with van der Waals surface area (Å²) in [6, 6.07) is 24.6. The van der Waals surface area contributed by atoms with Crippen LogP contribution >= 0.6 is 0 Å². The van der Waals surface area contributed by atoms with Crippen LogP contribution in [0.1, 0.15) is 36.2 Å². The number of rotatable bonds is 2. The van der Waals surface area contributed by atoms with Gasteiger partial charge in [-0.25, -0.2) is 0 Å². The number of benzene rings is 3. The van der Waals surface area contributed by atoms with Gasteiger partial charge in [0.2, 0.25) is 0 Å². The van der Waals surface area contributed by atoms with E-state index < -0.39 is 0 Å². The lowest BCUT2D eigenvalue weighted by Crippen LogP contribution is -2.39. The van der Waals surface area contributed by atoms with Gasteiger partial charge >= 0.3 is 0 Å². The second kappa shape index (κ2) is 6.24. The van der Waals surface area contributed by atoms with Crippen molar-refractivity contribution < 1.29 is 0 Å². The zero-order valence-corrected chi connectivity index (χ0v) is 13.8. The van der Waals surface area contributed by atoms with Crippen molar-refractivity contribution in [2.45, 2.75) is 38.3 Å². The van der Waals surface area contributed by atoms with E-state index in [0.29, 0.717) is 12.5 Å². The van der Waals surface area contributed by atoms with Crippen molar-refractivity contribution in [1.82, 2.24) is 0 Å². The summed E-state index contributed by atoms with van der Waals surface area (Å²) in [7, 11) is 0. The molecule has 114 valence electrons. The van der Waals surface area contributed by atoms with Crippen LogP contribution < -0.4 is 5.46 Å². The van der Waals surface area contributed by atoms with E-state index in [0.717, 1.165) is 0 Å². The van der Waals surface area contributed by atoms with Crippen molar-refractivity contribution in [2.24, 2.45) is 0 Å². The van der Waals surface area contributed by atoms with Crippen LogP contribution in [-0.4, -0.2) is 6.71 Å². The zero-order chi connectivity index (χ0) is 15.6. The molecule has 0 radical (unpaired) electrons. The first-order chi connectivity index (χ1) is 11.3. The Kier molecular flexibility index (Phi) is 3.95. The highest BCUT2D eigenvalue weighted by Crippen LogP contribution is 2.38. The zero-order valence-electron chi connectivity index (χ0n) is 13.8. The van der Waals surface area contributed by atoms with Gasteiger partial charge in [0.05, 0.1) is 0 Å². The molecule has 0 nitrogen and oxygen atoms in total. The second-order valence-corrected chi connectivity index (χ2v) is 6.93. The van der Waals surface area contributed by atoms with Crippen LogP contribution in [0.2, 0.25) is 6.32 Å². The molecular formula is C22H23B. The molecule has 0 N–H and O–H groups in total. The SMILES string of the molecule is Cc1ccc2ccccc2c1C1CCCCB1c1ccccc1. The number of aryl methyl sites for hydroxylation is 1. The lowest BCUT2D eigenvalue weighted by atomic mass is 9.31. The molecule has 1 fully saturated rings. The Labute approximate surface area is 139 Å². The first-order valence-electron chi connectivity index (χ1n) is 8.88. The lowest BCUT2D eigenvalue weighted by Gasteiger charge is -2.32. The Morgan fingerprint density at radius 2 is 1.61 bits per heavy atom. The normalized spacial score (nSPS) is 18.3. The molecule has 1 saturated heterocycles. The van der Waals surface area contributed by atoms with Crippen molar-refractivity contribution in [3.05, 3.63) is 77.9 Å². The maximum absolute atomic E-state index is 2.32. The third kappa shape index (κ3) is 2.69. The molecular weight excluding hydrogens is 275 g/mol. The molecule has 1 heteroatoms. The summed E-state index contributed by atoms with van der Waals surface area (Å²) in [6.45, 7) is 2.95. The van der Waals surface area contributed by atoms with Crippen LogP contribution in [0, 0.1) is 6.92 Å². The van der Waals surface area contributed by atoms with Gasteiger partial charge in [-0.1, -0.05) is 97.8 Å². The van der Waals surface area contributed by atoms with Crippen molar-refractivity contribution in [2.75, 3.05) is 0 Å². The molecule has 1 heterocycles. The number of fused-ring (bicyclic) bond motifs is 1. The third-order valence-corrected chi connectivity index (χ3v) is 5.55. The topological polar surface area (TPSA) is 0 Å². The molecule has 0 aromatic heterocycles. The molecule has 23 heavy (non-hydrogen) atoms. The van der Waals surface area contributed by atoms with Gasteiger partial charge in [0, 0.05) is 0 Å².